The molecule has 1 aliphatic rings. The maximum atomic E-state index is 11.3. The Balaban J connectivity index is 1.34. The third-order valence-corrected chi connectivity index (χ3v) is 5.33. The Morgan fingerprint density at radius 3 is 2.21 bits per heavy atom. The van der Waals surface area contributed by atoms with Crippen molar-refractivity contribution in [3.05, 3.63) is 60.3 Å². The Bertz CT molecular complexity index is 928. The van der Waals surface area contributed by atoms with Gasteiger partial charge in [-0.25, -0.2) is 4.98 Å². The molecule has 1 heterocycles. The lowest BCUT2D eigenvalue weighted by molar-refractivity contribution is 0.101. The van der Waals surface area contributed by atoms with E-state index >= 15 is 0 Å². The van der Waals surface area contributed by atoms with E-state index in [0.717, 1.165) is 18.6 Å². The molecule has 3 aromatic rings. The first-order chi connectivity index (χ1) is 13.7. The summed E-state index contributed by atoms with van der Waals surface area (Å²) < 4.78 is 17.5. The third-order valence-electron chi connectivity index (χ3n) is 4.58. The molecule has 1 aliphatic carbocycles. The summed E-state index contributed by atoms with van der Waals surface area (Å²) in [6.45, 7) is 1.54. The van der Waals surface area contributed by atoms with Crippen LogP contribution in [-0.4, -0.2) is 16.9 Å². The number of aromatic nitrogens is 1. The van der Waals surface area contributed by atoms with Crippen molar-refractivity contribution >= 4 is 17.1 Å². The SMILES string of the molecule is CC(=O)c1ccc(Oc2cnc(Oc3ccc(OC4CCCC4)cc3)s2)cc1. The molecule has 0 amide bonds. The van der Waals surface area contributed by atoms with Gasteiger partial charge in [0.2, 0.25) is 5.06 Å². The van der Waals surface area contributed by atoms with E-state index in [1.807, 2.05) is 24.3 Å². The highest BCUT2D eigenvalue weighted by Gasteiger charge is 2.16. The van der Waals surface area contributed by atoms with Crippen molar-refractivity contribution in [2.75, 3.05) is 0 Å². The van der Waals surface area contributed by atoms with Crippen molar-refractivity contribution in [3.8, 4) is 27.5 Å². The summed E-state index contributed by atoms with van der Waals surface area (Å²) in [5.74, 6) is 2.25. The molecule has 5 nitrogen and oxygen atoms in total. The predicted octanol–water partition coefficient (Wildman–Crippen LogP) is 6.25. The van der Waals surface area contributed by atoms with Gasteiger partial charge in [-0.05, 0) is 92.5 Å². The fraction of sp³-hybridized carbons (Fsp3) is 0.273. The molecule has 0 radical (unpaired) electrons. The number of hydrogen-bond donors (Lipinski definition) is 0. The van der Waals surface area contributed by atoms with Crippen molar-refractivity contribution in [3.63, 3.8) is 0 Å². The van der Waals surface area contributed by atoms with Crippen LogP contribution in [0.4, 0.5) is 0 Å². The first-order valence-corrected chi connectivity index (χ1v) is 10.2. The van der Waals surface area contributed by atoms with E-state index in [-0.39, 0.29) is 5.78 Å². The number of rotatable bonds is 7. The van der Waals surface area contributed by atoms with Gasteiger partial charge in [0.15, 0.2) is 5.78 Å². The minimum Gasteiger partial charge on any atom is -0.490 e. The van der Waals surface area contributed by atoms with Crippen molar-refractivity contribution in [2.45, 2.75) is 38.7 Å². The van der Waals surface area contributed by atoms with Crippen LogP contribution in [0.5, 0.6) is 27.5 Å². The average Bonchev–Trinajstić information content (AvgIpc) is 3.36. The monoisotopic (exact) mass is 395 g/mol. The summed E-state index contributed by atoms with van der Waals surface area (Å²) in [5.41, 5.74) is 0.654. The van der Waals surface area contributed by atoms with Crippen molar-refractivity contribution in [1.82, 2.24) is 4.98 Å². The van der Waals surface area contributed by atoms with Crippen LogP contribution in [0.3, 0.4) is 0 Å². The van der Waals surface area contributed by atoms with Gasteiger partial charge < -0.3 is 14.2 Å². The maximum absolute atomic E-state index is 11.3. The van der Waals surface area contributed by atoms with Crippen LogP contribution in [0.15, 0.2) is 54.7 Å². The van der Waals surface area contributed by atoms with E-state index in [0.29, 0.717) is 33.4 Å². The van der Waals surface area contributed by atoms with Crippen LogP contribution in [-0.2, 0) is 0 Å². The van der Waals surface area contributed by atoms with E-state index in [4.69, 9.17) is 14.2 Å². The molecule has 144 valence electrons. The van der Waals surface area contributed by atoms with Crippen LogP contribution in [0.25, 0.3) is 0 Å². The number of ketones is 1. The Hall–Kier alpha value is -2.86. The highest BCUT2D eigenvalue weighted by Crippen LogP contribution is 2.35. The number of hydrogen-bond acceptors (Lipinski definition) is 6. The van der Waals surface area contributed by atoms with Crippen LogP contribution in [0, 0.1) is 0 Å². The second-order valence-electron chi connectivity index (χ2n) is 6.73. The fourth-order valence-corrected chi connectivity index (χ4v) is 3.76. The normalized spacial score (nSPS) is 14.0. The second kappa shape index (κ2) is 8.44. The molecule has 0 unspecified atom stereocenters. The van der Waals surface area contributed by atoms with E-state index in [1.54, 1.807) is 30.5 Å². The zero-order valence-electron chi connectivity index (χ0n) is 15.6. The molecule has 6 heteroatoms. The molecule has 0 aliphatic heterocycles. The Morgan fingerprint density at radius 1 is 0.929 bits per heavy atom. The largest absolute Gasteiger partial charge is 0.490 e. The second-order valence-corrected chi connectivity index (χ2v) is 7.68. The van der Waals surface area contributed by atoms with Gasteiger partial charge in [-0.1, -0.05) is 0 Å². The van der Waals surface area contributed by atoms with Crippen LogP contribution < -0.4 is 14.2 Å². The molecular weight excluding hydrogens is 374 g/mol. The number of ether oxygens (including phenoxy) is 3. The molecule has 0 spiro atoms. The van der Waals surface area contributed by atoms with Gasteiger partial charge in [0.05, 0.1) is 12.3 Å². The first-order valence-electron chi connectivity index (χ1n) is 9.35. The van der Waals surface area contributed by atoms with E-state index in [1.165, 1.54) is 31.1 Å². The smallest absolute Gasteiger partial charge is 0.282 e. The molecule has 0 N–H and O–H groups in total. The molecule has 1 aromatic heterocycles. The zero-order chi connectivity index (χ0) is 19.3. The summed E-state index contributed by atoms with van der Waals surface area (Å²) in [6.07, 6.45) is 6.74. The highest BCUT2D eigenvalue weighted by atomic mass is 32.1. The lowest BCUT2D eigenvalue weighted by Crippen LogP contribution is -2.10. The van der Waals surface area contributed by atoms with Gasteiger partial charge in [-0.2, -0.15) is 0 Å². The standard InChI is InChI=1S/C22H21NO4S/c1-15(24)16-6-8-19(9-7-16)26-21-14-23-22(28-21)27-20-12-10-18(11-13-20)25-17-4-2-3-5-17/h6-14,17H,2-5H2,1H3. The molecule has 1 saturated carbocycles. The molecule has 28 heavy (non-hydrogen) atoms. The van der Waals surface area contributed by atoms with Gasteiger partial charge in [-0.15, -0.1) is 0 Å². The topological polar surface area (TPSA) is 57.7 Å². The molecule has 2 aromatic carbocycles. The van der Waals surface area contributed by atoms with Crippen molar-refractivity contribution in [1.29, 1.82) is 0 Å². The number of carbonyl (C=O) groups excluding carboxylic acids is 1. The number of carbonyl (C=O) groups is 1. The number of benzene rings is 2. The quantitative estimate of drug-likeness (QED) is 0.442. The van der Waals surface area contributed by atoms with Crippen molar-refractivity contribution < 1.29 is 19.0 Å². The Morgan fingerprint density at radius 2 is 1.54 bits per heavy atom. The fourth-order valence-electron chi connectivity index (χ4n) is 3.10. The van der Waals surface area contributed by atoms with Gasteiger partial charge in [0.1, 0.15) is 17.2 Å². The van der Waals surface area contributed by atoms with Crippen molar-refractivity contribution in [2.24, 2.45) is 0 Å². The average molecular weight is 395 g/mol. The number of Topliss-reactive ketones (excluding diaryl/α,β-unsaturated/α-hetero) is 1. The number of thiazole rings is 1. The first kappa shape index (κ1) is 18.5. The van der Waals surface area contributed by atoms with Crippen LogP contribution in [0.1, 0.15) is 43.0 Å². The summed E-state index contributed by atoms with van der Waals surface area (Å²) in [6, 6.07) is 14.6. The van der Waals surface area contributed by atoms with Gasteiger partial charge in [-0.3, -0.25) is 4.79 Å². The lowest BCUT2D eigenvalue weighted by atomic mass is 10.1. The zero-order valence-corrected chi connectivity index (χ0v) is 16.4. The summed E-state index contributed by atoms with van der Waals surface area (Å²) in [7, 11) is 0. The Kier molecular flexibility index (Phi) is 5.58. The van der Waals surface area contributed by atoms with E-state index in [2.05, 4.69) is 4.98 Å². The van der Waals surface area contributed by atoms with E-state index < -0.39 is 0 Å². The minimum absolute atomic E-state index is 0.0275. The van der Waals surface area contributed by atoms with E-state index in [9.17, 15) is 4.79 Å². The lowest BCUT2D eigenvalue weighted by Gasteiger charge is -2.13. The minimum atomic E-state index is 0.0275. The molecule has 4 rings (SSSR count). The van der Waals surface area contributed by atoms with Gasteiger partial charge in [0, 0.05) is 5.56 Å². The highest BCUT2D eigenvalue weighted by molar-refractivity contribution is 7.15. The van der Waals surface area contributed by atoms with Gasteiger partial charge >= 0.3 is 0 Å². The predicted molar refractivity (Wildman–Crippen MR) is 108 cm³/mol. The Labute approximate surface area is 167 Å². The summed E-state index contributed by atoms with van der Waals surface area (Å²) in [5, 5.41) is 1.12. The molecule has 0 bridgehead atoms. The summed E-state index contributed by atoms with van der Waals surface area (Å²) >= 11 is 1.31. The molecule has 0 atom stereocenters. The molecule has 1 fully saturated rings. The third kappa shape index (κ3) is 4.70. The van der Waals surface area contributed by atoms with Crippen LogP contribution >= 0.6 is 11.3 Å². The molecular formula is C22H21NO4S. The van der Waals surface area contributed by atoms with Gasteiger partial charge in [0.25, 0.3) is 5.19 Å². The van der Waals surface area contributed by atoms with Crippen LogP contribution in [0.2, 0.25) is 0 Å². The summed E-state index contributed by atoms with van der Waals surface area (Å²) in [4.78, 5) is 15.6. The molecule has 0 saturated heterocycles. The maximum Gasteiger partial charge on any atom is 0.282 e. The number of nitrogens with zero attached hydrogens (tertiary/aromatic N) is 1.